The summed E-state index contributed by atoms with van der Waals surface area (Å²) in [7, 11) is 2.19. The number of nitrogens with one attached hydrogen (secondary N) is 1. The molecule has 4 heteroatoms. The van der Waals surface area contributed by atoms with Crippen LogP contribution in [0, 0.1) is 0 Å². The van der Waals surface area contributed by atoms with Crippen LogP contribution in [0.15, 0.2) is 22.9 Å². The fourth-order valence-corrected chi connectivity index (χ4v) is 2.39. The van der Waals surface area contributed by atoms with Crippen LogP contribution in [-0.2, 0) is 6.54 Å². The summed E-state index contributed by atoms with van der Waals surface area (Å²) >= 11 is 3.39. The highest BCUT2D eigenvalue weighted by Crippen LogP contribution is 2.13. The highest BCUT2D eigenvalue weighted by atomic mass is 79.9. The number of likely N-dealkylation sites (N-methyl/N-ethyl adjacent to an activating group) is 1. The van der Waals surface area contributed by atoms with Crippen LogP contribution in [0.4, 0.5) is 0 Å². The summed E-state index contributed by atoms with van der Waals surface area (Å²) in [6.07, 6.45) is 3.10. The minimum absolute atomic E-state index is 0.678. The minimum Gasteiger partial charge on any atom is -0.315 e. The van der Waals surface area contributed by atoms with Gasteiger partial charge in [0.15, 0.2) is 0 Å². The van der Waals surface area contributed by atoms with Crippen LogP contribution >= 0.6 is 15.9 Å². The van der Waals surface area contributed by atoms with Gasteiger partial charge in [0, 0.05) is 25.3 Å². The molecule has 2 heterocycles. The zero-order valence-corrected chi connectivity index (χ0v) is 10.5. The van der Waals surface area contributed by atoms with E-state index in [0.717, 1.165) is 24.2 Å². The topological polar surface area (TPSA) is 28.2 Å². The molecule has 0 radical (unpaired) electrons. The Kier molecular flexibility index (Phi) is 3.72. The fraction of sp³-hybridized carbons (Fsp3) is 0.545. The molecule has 1 unspecified atom stereocenters. The fourth-order valence-electron chi connectivity index (χ4n) is 1.97. The molecule has 1 aliphatic rings. The highest BCUT2D eigenvalue weighted by molar-refractivity contribution is 9.10. The molecule has 15 heavy (non-hydrogen) atoms. The number of aromatic nitrogens is 1. The lowest BCUT2D eigenvalue weighted by atomic mass is 10.2. The van der Waals surface area contributed by atoms with E-state index < -0.39 is 0 Å². The van der Waals surface area contributed by atoms with E-state index in [1.807, 2.05) is 6.20 Å². The number of pyridine rings is 1. The van der Waals surface area contributed by atoms with Crippen molar-refractivity contribution >= 4 is 15.9 Å². The molecule has 0 spiro atoms. The van der Waals surface area contributed by atoms with Gasteiger partial charge in [-0.1, -0.05) is 0 Å². The maximum atomic E-state index is 4.13. The van der Waals surface area contributed by atoms with Crippen LogP contribution < -0.4 is 5.32 Å². The van der Waals surface area contributed by atoms with Crippen LogP contribution in [0.3, 0.4) is 0 Å². The summed E-state index contributed by atoms with van der Waals surface area (Å²) in [4.78, 5) is 6.53. The van der Waals surface area contributed by atoms with E-state index in [4.69, 9.17) is 0 Å². The van der Waals surface area contributed by atoms with Gasteiger partial charge >= 0.3 is 0 Å². The number of rotatable bonds is 3. The van der Waals surface area contributed by atoms with E-state index in [1.165, 1.54) is 12.0 Å². The molecular weight excluding hydrogens is 254 g/mol. The van der Waals surface area contributed by atoms with Crippen molar-refractivity contribution < 1.29 is 0 Å². The maximum absolute atomic E-state index is 4.13. The van der Waals surface area contributed by atoms with Crippen molar-refractivity contribution in [3.05, 3.63) is 28.5 Å². The highest BCUT2D eigenvalue weighted by Gasteiger charge is 2.18. The van der Waals surface area contributed by atoms with Crippen LogP contribution in [0.1, 0.15) is 12.0 Å². The van der Waals surface area contributed by atoms with E-state index in [1.54, 1.807) is 0 Å². The summed E-state index contributed by atoms with van der Waals surface area (Å²) in [5.74, 6) is 0. The molecule has 1 saturated heterocycles. The summed E-state index contributed by atoms with van der Waals surface area (Å²) in [5, 5.41) is 3.39. The Labute approximate surface area is 99.0 Å². The lowest BCUT2D eigenvalue weighted by Crippen LogP contribution is -2.32. The Balaban J connectivity index is 1.95. The molecule has 82 valence electrons. The van der Waals surface area contributed by atoms with Crippen molar-refractivity contribution in [1.82, 2.24) is 15.2 Å². The Bertz CT molecular complexity index is 323. The molecule has 1 aromatic heterocycles. The average molecular weight is 270 g/mol. The van der Waals surface area contributed by atoms with Crippen LogP contribution in [-0.4, -0.2) is 36.1 Å². The van der Waals surface area contributed by atoms with Gasteiger partial charge in [0.2, 0.25) is 0 Å². The normalized spacial score (nSPS) is 21.1. The molecule has 0 saturated carbocycles. The second-order valence-electron chi connectivity index (χ2n) is 4.05. The molecule has 1 aromatic rings. The molecule has 0 amide bonds. The summed E-state index contributed by atoms with van der Waals surface area (Å²) in [6.45, 7) is 3.26. The SMILES string of the molecule is CN(Cc1ccnc(Br)c1)C1CCNC1. The lowest BCUT2D eigenvalue weighted by Gasteiger charge is -2.23. The predicted octanol–water partition coefficient (Wildman–Crippen LogP) is 1.64. The molecule has 0 aromatic carbocycles. The minimum atomic E-state index is 0.678. The monoisotopic (exact) mass is 269 g/mol. The van der Waals surface area contributed by atoms with E-state index in [-0.39, 0.29) is 0 Å². The van der Waals surface area contributed by atoms with E-state index in [0.29, 0.717) is 6.04 Å². The first-order valence-corrected chi connectivity index (χ1v) is 6.06. The lowest BCUT2D eigenvalue weighted by molar-refractivity contribution is 0.249. The van der Waals surface area contributed by atoms with Gasteiger partial charge in [0.25, 0.3) is 0 Å². The van der Waals surface area contributed by atoms with Crippen molar-refractivity contribution in [1.29, 1.82) is 0 Å². The van der Waals surface area contributed by atoms with Crippen LogP contribution in [0.5, 0.6) is 0 Å². The van der Waals surface area contributed by atoms with Gasteiger partial charge in [-0.25, -0.2) is 4.98 Å². The van der Waals surface area contributed by atoms with Crippen LogP contribution in [0.2, 0.25) is 0 Å². The Morgan fingerprint density at radius 2 is 2.53 bits per heavy atom. The van der Waals surface area contributed by atoms with Gasteiger partial charge in [-0.05, 0) is 53.6 Å². The molecule has 1 N–H and O–H groups in total. The third-order valence-electron chi connectivity index (χ3n) is 2.88. The van der Waals surface area contributed by atoms with Crippen molar-refractivity contribution in [2.24, 2.45) is 0 Å². The Morgan fingerprint density at radius 1 is 1.67 bits per heavy atom. The van der Waals surface area contributed by atoms with Crippen molar-refractivity contribution in [3.8, 4) is 0 Å². The third-order valence-corrected chi connectivity index (χ3v) is 3.31. The van der Waals surface area contributed by atoms with Gasteiger partial charge < -0.3 is 5.32 Å². The largest absolute Gasteiger partial charge is 0.315 e. The predicted molar refractivity (Wildman–Crippen MR) is 64.7 cm³/mol. The second kappa shape index (κ2) is 5.05. The molecule has 0 aliphatic carbocycles. The average Bonchev–Trinajstić information content (AvgIpc) is 2.70. The van der Waals surface area contributed by atoms with E-state index >= 15 is 0 Å². The molecule has 1 aliphatic heterocycles. The maximum Gasteiger partial charge on any atom is 0.106 e. The first kappa shape index (κ1) is 11.0. The molecular formula is C11H16BrN3. The Morgan fingerprint density at radius 3 is 3.20 bits per heavy atom. The third kappa shape index (κ3) is 3.00. The quantitative estimate of drug-likeness (QED) is 0.846. The molecule has 2 rings (SSSR count). The van der Waals surface area contributed by atoms with Crippen LogP contribution in [0.25, 0.3) is 0 Å². The summed E-state index contributed by atoms with van der Waals surface area (Å²) < 4.78 is 0.915. The first-order valence-electron chi connectivity index (χ1n) is 5.27. The van der Waals surface area contributed by atoms with Gasteiger partial charge in [-0.2, -0.15) is 0 Å². The zero-order valence-electron chi connectivity index (χ0n) is 8.91. The molecule has 1 atom stereocenters. The van der Waals surface area contributed by atoms with E-state index in [9.17, 15) is 0 Å². The summed E-state index contributed by atoms with van der Waals surface area (Å²) in [5.41, 5.74) is 1.31. The van der Waals surface area contributed by atoms with Gasteiger partial charge in [0.05, 0.1) is 0 Å². The second-order valence-corrected chi connectivity index (χ2v) is 4.86. The Hall–Kier alpha value is -0.450. The van der Waals surface area contributed by atoms with Gasteiger partial charge in [-0.15, -0.1) is 0 Å². The zero-order chi connectivity index (χ0) is 10.7. The first-order chi connectivity index (χ1) is 7.25. The summed E-state index contributed by atoms with van der Waals surface area (Å²) in [6, 6.07) is 4.83. The standard InChI is InChI=1S/C11H16BrN3/c1-15(10-3-4-13-7-10)8-9-2-5-14-11(12)6-9/h2,5-6,10,13H,3-4,7-8H2,1H3. The number of hydrogen-bond donors (Lipinski definition) is 1. The van der Waals surface area contributed by atoms with Crippen molar-refractivity contribution in [2.45, 2.75) is 19.0 Å². The number of hydrogen-bond acceptors (Lipinski definition) is 3. The van der Waals surface area contributed by atoms with Gasteiger partial charge in [-0.3, -0.25) is 4.90 Å². The smallest absolute Gasteiger partial charge is 0.106 e. The van der Waals surface area contributed by atoms with Crippen molar-refractivity contribution in [3.63, 3.8) is 0 Å². The molecule has 0 bridgehead atoms. The number of halogens is 1. The molecule has 3 nitrogen and oxygen atoms in total. The van der Waals surface area contributed by atoms with Crippen molar-refractivity contribution in [2.75, 3.05) is 20.1 Å². The van der Waals surface area contributed by atoms with Gasteiger partial charge in [0.1, 0.15) is 4.60 Å². The number of nitrogens with zero attached hydrogens (tertiary/aromatic N) is 2. The van der Waals surface area contributed by atoms with E-state index in [2.05, 4.69) is 50.3 Å². The molecule has 1 fully saturated rings.